The minimum Gasteiger partial charge on any atom is -0.340 e. The molecule has 6 nitrogen and oxygen atoms in total. The van der Waals surface area contributed by atoms with E-state index in [0.717, 1.165) is 31.4 Å². The van der Waals surface area contributed by atoms with Gasteiger partial charge in [-0.15, -0.1) is 0 Å². The van der Waals surface area contributed by atoms with Crippen molar-refractivity contribution in [2.75, 3.05) is 13.1 Å². The van der Waals surface area contributed by atoms with Crippen molar-refractivity contribution >= 4 is 6.03 Å². The number of carbonyl (C=O) groups excluding carboxylic acids is 1. The molecular weight excluding hydrogens is 278 g/mol. The number of carbonyl (C=O) groups is 1. The number of nitrogens with two attached hydrogens (primary N) is 1. The zero-order valence-electron chi connectivity index (χ0n) is 13.1. The summed E-state index contributed by atoms with van der Waals surface area (Å²) in [5.74, 6) is 0.128. The van der Waals surface area contributed by atoms with E-state index in [1.165, 1.54) is 0 Å². The van der Waals surface area contributed by atoms with E-state index in [9.17, 15) is 4.79 Å². The highest BCUT2D eigenvalue weighted by Gasteiger charge is 2.35. The highest BCUT2D eigenvalue weighted by atomic mass is 16.2. The van der Waals surface area contributed by atoms with Crippen molar-refractivity contribution in [1.82, 2.24) is 19.8 Å². The van der Waals surface area contributed by atoms with Crippen LogP contribution in [-0.2, 0) is 7.05 Å². The molecule has 1 aromatic rings. The van der Waals surface area contributed by atoms with Crippen LogP contribution in [0.25, 0.3) is 0 Å². The molecule has 2 amide bonds. The first-order valence-electron chi connectivity index (χ1n) is 8.07. The Bertz CT molecular complexity index is 542. The van der Waals surface area contributed by atoms with Gasteiger partial charge in [0.25, 0.3) is 0 Å². The second-order valence-electron chi connectivity index (χ2n) is 6.41. The van der Waals surface area contributed by atoms with Gasteiger partial charge in [0, 0.05) is 44.3 Å². The van der Waals surface area contributed by atoms with Gasteiger partial charge in [0.05, 0.1) is 12.0 Å². The molecule has 0 saturated carbocycles. The predicted octanol–water partition coefficient (Wildman–Crippen LogP) is 1.35. The van der Waals surface area contributed by atoms with Crippen molar-refractivity contribution in [2.45, 2.75) is 43.7 Å². The molecule has 0 bridgehead atoms. The molecule has 1 fully saturated rings. The van der Waals surface area contributed by atoms with Gasteiger partial charge in [-0.05, 0) is 25.7 Å². The number of urea groups is 1. The summed E-state index contributed by atoms with van der Waals surface area (Å²) < 4.78 is 1.92. The molecule has 1 aromatic heterocycles. The van der Waals surface area contributed by atoms with Crippen LogP contribution < -0.4 is 11.1 Å². The fourth-order valence-corrected chi connectivity index (χ4v) is 3.32. The highest BCUT2D eigenvalue weighted by Crippen LogP contribution is 2.25. The van der Waals surface area contributed by atoms with Crippen LogP contribution >= 0.6 is 0 Å². The van der Waals surface area contributed by atoms with Crippen molar-refractivity contribution in [2.24, 2.45) is 12.8 Å². The van der Waals surface area contributed by atoms with Crippen LogP contribution in [0.5, 0.6) is 0 Å². The van der Waals surface area contributed by atoms with Gasteiger partial charge in [0.1, 0.15) is 0 Å². The van der Waals surface area contributed by atoms with Gasteiger partial charge >= 0.3 is 6.03 Å². The van der Waals surface area contributed by atoms with Gasteiger partial charge in [-0.1, -0.05) is 12.2 Å². The summed E-state index contributed by atoms with van der Waals surface area (Å²) in [4.78, 5) is 18.7. The molecule has 0 radical (unpaired) electrons. The van der Waals surface area contributed by atoms with E-state index < -0.39 is 0 Å². The van der Waals surface area contributed by atoms with Crippen molar-refractivity contribution in [3.8, 4) is 0 Å². The Morgan fingerprint density at radius 1 is 1.32 bits per heavy atom. The average molecular weight is 303 g/mol. The third kappa shape index (κ3) is 3.32. The van der Waals surface area contributed by atoms with Crippen molar-refractivity contribution in [1.29, 1.82) is 0 Å². The van der Waals surface area contributed by atoms with Gasteiger partial charge in [-0.2, -0.15) is 0 Å². The first-order chi connectivity index (χ1) is 10.6. The lowest BCUT2D eigenvalue weighted by Crippen LogP contribution is -2.44. The summed E-state index contributed by atoms with van der Waals surface area (Å²) in [6.07, 6.45) is 12.3. The zero-order valence-corrected chi connectivity index (χ0v) is 13.1. The maximum Gasteiger partial charge on any atom is 0.317 e. The summed E-state index contributed by atoms with van der Waals surface area (Å²) in [5, 5.41) is 3.16. The van der Waals surface area contributed by atoms with E-state index in [1.54, 1.807) is 6.33 Å². The smallest absolute Gasteiger partial charge is 0.317 e. The number of likely N-dealkylation sites (tertiary alicyclic amines) is 1. The maximum absolute atomic E-state index is 12.5. The lowest BCUT2D eigenvalue weighted by molar-refractivity contribution is 0.202. The molecule has 1 aliphatic carbocycles. The van der Waals surface area contributed by atoms with E-state index >= 15 is 0 Å². The van der Waals surface area contributed by atoms with E-state index in [-0.39, 0.29) is 24.0 Å². The highest BCUT2D eigenvalue weighted by molar-refractivity contribution is 5.75. The van der Waals surface area contributed by atoms with Crippen molar-refractivity contribution in [3.63, 3.8) is 0 Å². The van der Waals surface area contributed by atoms with Crippen LogP contribution in [0.4, 0.5) is 4.79 Å². The number of aryl methyl sites for hydroxylation is 1. The standard InChI is InChI=1S/C16H25N5O/c1-20-10-15(18-11-20)13-8-21(9-14(13)17)16(22)19-12-6-4-2-3-5-7-12/h2-3,10-14H,4-9,17H2,1H3,(H,19,22)/t13-,14-/m1/s1. The Balaban J connectivity index is 1.57. The number of allylic oxidation sites excluding steroid dienone is 2. The first kappa shape index (κ1) is 15.1. The van der Waals surface area contributed by atoms with Gasteiger partial charge in [-0.25, -0.2) is 9.78 Å². The number of hydrogen-bond acceptors (Lipinski definition) is 3. The molecule has 0 spiro atoms. The van der Waals surface area contributed by atoms with Crippen molar-refractivity contribution in [3.05, 3.63) is 30.4 Å². The van der Waals surface area contributed by atoms with Crippen LogP contribution in [0.1, 0.15) is 37.3 Å². The molecule has 3 N–H and O–H groups in total. The van der Waals surface area contributed by atoms with E-state index in [0.29, 0.717) is 13.1 Å². The monoisotopic (exact) mass is 303 g/mol. The summed E-state index contributed by atoms with van der Waals surface area (Å²) >= 11 is 0. The molecule has 1 saturated heterocycles. The fraction of sp³-hybridized carbons (Fsp3) is 0.625. The number of rotatable bonds is 2. The van der Waals surface area contributed by atoms with Gasteiger partial charge in [-0.3, -0.25) is 0 Å². The summed E-state index contributed by atoms with van der Waals surface area (Å²) in [6.45, 7) is 1.24. The number of imidazole rings is 1. The van der Waals surface area contributed by atoms with Crippen LogP contribution in [0.2, 0.25) is 0 Å². The zero-order chi connectivity index (χ0) is 15.5. The molecule has 6 heteroatoms. The number of hydrogen-bond donors (Lipinski definition) is 2. The second kappa shape index (κ2) is 6.52. The van der Waals surface area contributed by atoms with E-state index in [4.69, 9.17) is 5.73 Å². The van der Waals surface area contributed by atoms with E-state index in [2.05, 4.69) is 22.5 Å². The maximum atomic E-state index is 12.5. The molecule has 2 aliphatic rings. The molecule has 2 atom stereocenters. The first-order valence-corrected chi connectivity index (χ1v) is 8.07. The molecule has 2 heterocycles. The Hall–Kier alpha value is -1.82. The summed E-state index contributed by atoms with van der Waals surface area (Å²) in [5.41, 5.74) is 7.20. The van der Waals surface area contributed by atoms with Gasteiger partial charge in [0.15, 0.2) is 0 Å². The van der Waals surface area contributed by atoms with Crippen LogP contribution in [0.3, 0.4) is 0 Å². The van der Waals surface area contributed by atoms with Crippen LogP contribution in [-0.4, -0.2) is 45.7 Å². The molecule has 1 aliphatic heterocycles. The predicted molar refractivity (Wildman–Crippen MR) is 85.4 cm³/mol. The van der Waals surface area contributed by atoms with Gasteiger partial charge < -0.3 is 20.5 Å². The molecule has 0 aromatic carbocycles. The minimum absolute atomic E-state index is 0.0146. The normalized spacial score (nSPS) is 26.2. The number of aromatic nitrogens is 2. The SMILES string of the molecule is Cn1cnc([C@@H]2CN(C(=O)NC3CCC=CCC3)C[C@H]2N)c1. The Kier molecular flexibility index (Phi) is 4.47. The van der Waals surface area contributed by atoms with E-state index in [1.807, 2.05) is 22.7 Å². The number of nitrogens with zero attached hydrogens (tertiary/aromatic N) is 3. The molecule has 0 unspecified atom stereocenters. The molecular formula is C16H25N5O. The Morgan fingerprint density at radius 2 is 2.05 bits per heavy atom. The number of amides is 2. The molecule has 120 valence electrons. The largest absolute Gasteiger partial charge is 0.340 e. The summed E-state index contributed by atoms with van der Waals surface area (Å²) in [6, 6.07) is 0.241. The van der Waals surface area contributed by atoms with Crippen LogP contribution in [0, 0.1) is 0 Å². The topological polar surface area (TPSA) is 76.2 Å². The van der Waals surface area contributed by atoms with Crippen molar-refractivity contribution < 1.29 is 4.79 Å². The third-order valence-corrected chi connectivity index (χ3v) is 4.61. The Labute approximate surface area is 131 Å². The molecule has 22 heavy (non-hydrogen) atoms. The third-order valence-electron chi connectivity index (χ3n) is 4.61. The molecule has 3 rings (SSSR count). The number of nitrogens with one attached hydrogen (secondary N) is 1. The quantitative estimate of drug-likeness (QED) is 0.810. The fourth-order valence-electron chi connectivity index (χ4n) is 3.32. The lowest BCUT2D eigenvalue weighted by atomic mass is 10.0. The minimum atomic E-state index is -0.0450. The van der Waals surface area contributed by atoms with Crippen LogP contribution in [0.15, 0.2) is 24.7 Å². The Morgan fingerprint density at radius 3 is 2.68 bits per heavy atom. The summed E-state index contributed by atoms with van der Waals surface area (Å²) in [7, 11) is 1.95. The van der Waals surface area contributed by atoms with Gasteiger partial charge in [0.2, 0.25) is 0 Å². The second-order valence-corrected chi connectivity index (χ2v) is 6.41. The average Bonchev–Trinajstić information content (AvgIpc) is 2.98. The lowest BCUT2D eigenvalue weighted by Gasteiger charge is -2.22.